The molecule has 0 aliphatic carbocycles. The lowest BCUT2D eigenvalue weighted by Gasteiger charge is -2.09. The Morgan fingerprint density at radius 1 is 1.18 bits per heavy atom. The average Bonchev–Trinajstić information content (AvgIpc) is 2.98. The van der Waals surface area contributed by atoms with Crippen LogP contribution in [0.2, 0.25) is 0 Å². The first-order valence-electron chi connectivity index (χ1n) is 6.75. The average molecular weight is 364 g/mol. The first-order chi connectivity index (χ1) is 10.7. The van der Waals surface area contributed by atoms with Gasteiger partial charge in [0.2, 0.25) is 6.79 Å². The molecule has 1 amide bonds. The zero-order valence-corrected chi connectivity index (χ0v) is 13.3. The van der Waals surface area contributed by atoms with E-state index in [-0.39, 0.29) is 13.4 Å². The van der Waals surface area contributed by atoms with Gasteiger partial charge in [0.1, 0.15) is 6.61 Å². The van der Waals surface area contributed by atoms with Crippen molar-refractivity contribution in [2.45, 2.75) is 13.2 Å². The van der Waals surface area contributed by atoms with Crippen LogP contribution >= 0.6 is 15.9 Å². The van der Waals surface area contributed by atoms with Crippen LogP contribution in [0.1, 0.15) is 11.1 Å². The number of carbonyl (C=O) groups excluding carboxylic acids is 1. The predicted octanol–water partition coefficient (Wildman–Crippen LogP) is 3.60. The van der Waals surface area contributed by atoms with Gasteiger partial charge in [0.15, 0.2) is 11.5 Å². The number of amides is 1. The first-order valence-corrected chi connectivity index (χ1v) is 7.54. The predicted molar refractivity (Wildman–Crippen MR) is 83.7 cm³/mol. The molecule has 3 rings (SSSR count). The molecule has 0 atom stereocenters. The molecule has 0 saturated carbocycles. The first kappa shape index (κ1) is 14.7. The van der Waals surface area contributed by atoms with Gasteiger partial charge >= 0.3 is 6.09 Å². The fourth-order valence-electron chi connectivity index (χ4n) is 2.04. The maximum Gasteiger partial charge on any atom is 0.407 e. The van der Waals surface area contributed by atoms with Crippen molar-refractivity contribution >= 4 is 22.0 Å². The minimum Gasteiger partial charge on any atom is -0.454 e. The normalized spacial score (nSPS) is 12.0. The number of carbonyl (C=O) groups is 1. The van der Waals surface area contributed by atoms with Crippen molar-refractivity contribution in [3.63, 3.8) is 0 Å². The molecule has 22 heavy (non-hydrogen) atoms. The molecule has 0 bridgehead atoms. The lowest BCUT2D eigenvalue weighted by molar-refractivity contribution is 0.139. The summed E-state index contributed by atoms with van der Waals surface area (Å²) in [4.78, 5) is 11.7. The highest BCUT2D eigenvalue weighted by atomic mass is 79.9. The van der Waals surface area contributed by atoms with Gasteiger partial charge in [-0.15, -0.1) is 0 Å². The van der Waals surface area contributed by atoms with Gasteiger partial charge < -0.3 is 19.5 Å². The van der Waals surface area contributed by atoms with Gasteiger partial charge in [-0.3, -0.25) is 0 Å². The van der Waals surface area contributed by atoms with Crippen molar-refractivity contribution in [3.05, 3.63) is 58.1 Å². The quantitative estimate of drug-likeness (QED) is 0.901. The maximum absolute atomic E-state index is 11.7. The molecular formula is C16H14BrNO4. The van der Waals surface area contributed by atoms with Gasteiger partial charge in [0.25, 0.3) is 0 Å². The van der Waals surface area contributed by atoms with E-state index in [1.165, 1.54) is 0 Å². The minimum absolute atomic E-state index is 0.220. The third-order valence-electron chi connectivity index (χ3n) is 3.18. The van der Waals surface area contributed by atoms with E-state index in [1.807, 2.05) is 42.5 Å². The van der Waals surface area contributed by atoms with Crippen molar-refractivity contribution in [1.29, 1.82) is 0 Å². The van der Waals surface area contributed by atoms with Gasteiger partial charge in [-0.25, -0.2) is 4.79 Å². The molecule has 114 valence electrons. The lowest BCUT2D eigenvalue weighted by atomic mass is 10.2. The molecule has 6 heteroatoms. The molecule has 0 radical (unpaired) electrons. The number of halogens is 1. The summed E-state index contributed by atoms with van der Waals surface area (Å²) in [5.41, 5.74) is 1.84. The fourth-order valence-corrected chi connectivity index (χ4v) is 2.50. The van der Waals surface area contributed by atoms with Gasteiger partial charge in [-0.05, 0) is 23.3 Å². The Kier molecular flexibility index (Phi) is 4.48. The zero-order chi connectivity index (χ0) is 15.4. The second-order valence-electron chi connectivity index (χ2n) is 4.71. The Hall–Kier alpha value is -2.21. The van der Waals surface area contributed by atoms with Gasteiger partial charge in [-0.1, -0.05) is 46.3 Å². The summed E-state index contributed by atoms with van der Waals surface area (Å²) in [5, 5.41) is 2.71. The van der Waals surface area contributed by atoms with E-state index in [1.54, 1.807) is 0 Å². The van der Waals surface area contributed by atoms with Gasteiger partial charge in [0, 0.05) is 11.0 Å². The summed E-state index contributed by atoms with van der Waals surface area (Å²) in [6.45, 7) is 0.803. The van der Waals surface area contributed by atoms with Crippen LogP contribution in [0.4, 0.5) is 4.79 Å². The minimum atomic E-state index is -0.464. The van der Waals surface area contributed by atoms with E-state index < -0.39 is 6.09 Å². The number of benzene rings is 2. The molecule has 0 unspecified atom stereocenters. The fraction of sp³-hybridized carbons (Fsp3) is 0.188. The molecule has 1 aliphatic heterocycles. The van der Waals surface area contributed by atoms with E-state index in [0.717, 1.165) is 15.6 Å². The Morgan fingerprint density at radius 3 is 2.68 bits per heavy atom. The van der Waals surface area contributed by atoms with Crippen molar-refractivity contribution in [1.82, 2.24) is 5.32 Å². The number of alkyl carbamates (subject to hydrolysis) is 1. The van der Waals surface area contributed by atoms with E-state index >= 15 is 0 Å². The van der Waals surface area contributed by atoms with Crippen LogP contribution in [0.3, 0.4) is 0 Å². The lowest BCUT2D eigenvalue weighted by Crippen LogP contribution is -2.23. The zero-order valence-electron chi connectivity index (χ0n) is 11.7. The highest BCUT2D eigenvalue weighted by molar-refractivity contribution is 9.10. The number of fused-ring (bicyclic) bond motifs is 1. The molecular weight excluding hydrogens is 350 g/mol. The molecule has 2 aromatic rings. The Labute approximate surface area is 136 Å². The van der Waals surface area contributed by atoms with Crippen molar-refractivity contribution in [3.8, 4) is 11.5 Å². The summed E-state index contributed by atoms with van der Waals surface area (Å²) in [6, 6.07) is 13.2. The second kappa shape index (κ2) is 6.70. The monoisotopic (exact) mass is 363 g/mol. The summed E-state index contributed by atoms with van der Waals surface area (Å²) in [5.74, 6) is 1.37. The van der Waals surface area contributed by atoms with Crippen molar-refractivity contribution in [2.75, 3.05) is 6.79 Å². The summed E-state index contributed by atoms with van der Waals surface area (Å²) < 4.78 is 16.6. The third kappa shape index (κ3) is 3.51. The second-order valence-corrected chi connectivity index (χ2v) is 5.57. The van der Waals surface area contributed by atoms with Gasteiger partial charge in [0.05, 0.1) is 0 Å². The molecule has 0 spiro atoms. The molecule has 0 fully saturated rings. The molecule has 0 aromatic heterocycles. The van der Waals surface area contributed by atoms with Gasteiger partial charge in [-0.2, -0.15) is 0 Å². The van der Waals surface area contributed by atoms with Crippen molar-refractivity contribution in [2.24, 2.45) is 0 Å². The number of nitrogens with one attached hydrogen (secondary N) is 1. The molecule has 5 nitrogen and oxygen atoms in total. The Bertz CT molecular complexity index is 675. The van der Waals surface area contributed by atoms with Crippen LogP contribution < -0.4 is 14.8 Å². The Balaban J connectivity index is 1.53. The number of hydrogen-bond acceptors (Lipinski definition) is 4. The maximum atomic E-state index is 11.7. The standard InChI is InChI=1S/C16H14BrNO4/c17-13-7-15-14(21-10-22-15)6-12(13)8-18-16(19)20-9-11-4-2-1-3-5-11/h1-7H,8-10H2,(H,18,19). The summed E-state index contributed by atoms with van der Waals surface area (Å²) in [7, 11) is 0. The topological polar surface area (TPSA) is 56.8 Å². The molecule has 1 N–H and O–H groups in total. The van der Waals surface area contributed by atoms with Crippen LogP contribution in [-0.2, 0) is 17.9 Å². The van der Waals surface area contributed by atoms with Crippen LogP contribution in [0.25, 0.3) is 0 Å². The largest absolute Gasteiger partial charge is 0.454 e. The van der Waals surface area contributed by atoms with E-state index in [9.17, 15) is 4.79 Å². The van der Waals surface area contributed by atoms with E-state index in [0.29, 0.717) is 18.0 Å². The summed E-state index contributed by atoms with van der Waals surface area (Å²) in [6.07, 6.45) is -0.464. The molecule has 1 aliphatic rings. The van der Waals surface area contributed by atoms with Crippen LogP contribution in [0, 0.1) is 0 Å². The highest BCUT2D eigenvalue weighted by Crippen LogP contribution is 2.36. The third-order valence-corrected chi connectivity index (χ3v) is 3.92. The number of hydrogen-bond donors (Lipinski definition) is 1. The smallest absolute Gasteiger partial charge is 0.407 e. The van der Waals surface area contributed by atoms with E-state index in [2.05, 4.69) is 21.2 Å². The Morgan fingerprint density at radius 2 is 1.91 bits per heavy atom. The molecule has 1 heterocycles. The van der Waals surface area contributed by atoms with Crippen LogP contribution in [-0.4, -0.2) is 12.9 Å². The van der Waals surface area contributed by atoms with Crippen LogP contribution in [0.15, 0.2) is 46.9 Å². The number of rotatable bonds is 4. The SMILES string of the molecule is O=C(NCc1cc2c(cc1Br)OCO2)OCc1ccccc1. The van der Waals surface area contributed by atoms with Crippen molar-refractivity contribution < 1.29 is 19.0 Å². The van der Waals surface area contributed by atoms with E-state index in [4.69, 9.17) is 14.2 Å². The highest BCUT2D eigenvalue weighted by Gasteiger charge is 2.16. The molecule has 0 saturated heterocycles. The molecule has 2 aromatic carbocycles. The summed E-state index contributed by atoms with van der Waals surface area (Å²) >= 11 is 3.45. The number of ether oxygens (including phenoxy) is 3. The van der Waals surface area contributed by atoms with Crippen LogP contribution in [0.5, 0.6) is 11.5 Å².